The first-order chi connectivity index (χ1) is 6.69. The van der Waals surface area contributed by atoms with Gasteiger partial charge in [-0.25, -0.2) is 4.98 Å². The first-order valence-corrected chi connectivity index (χ1v) is 4.58. The van der Waals surface area contributed by atoms with Crippen LogP contribution >= 0.6 is 0 Å². The number of aliphatic hydroxyl groups excluding tert-OH is 2. The minimum absolute atomic E-state index is 0.00650. The zero-order valence-corrected chi connectivity index (χ0v) is 8.51. The molecule has 0 aliphatic heterocycles. The first kappa shape index (κ1) is 10.9. The topological polar surface area (TPSA) is 56.6 Å². The van der Waals surface area contributed by atoms with Crippen molar-refractivity contribution in [2.45, 2.75) is 19.6 Å². The molecule has 4 heteroatoms. The number of aliphatic hydroxyl groups is 2. The highest BCUT2D eigenvalue weighted by atomic mass is 16.3. The van der Waals surface area contributed by atoms with Gasteiger partial charge in [0.25, 0.3) is 0 Å². The van der Waals surface area contributed by atoms with Crippen molar-refractivity contribution in [2.75, 3.05) is 18.6 Å². The maximum absolute atomic E-state index is 8.96. The zero-order valence-electron chi connectivity index (χ0n) is 8.51. The third-order valence-electron chi connectivity index (χ3n) is 2.28. The van der Waals surface area contributed by atoms with Gasteiger partial charge in [0.1, 0.15) is 5.82 Å². The van der Waals surface area contributed by atoms with Crippen molar-refractivity contribution in [1.82, 2.24) is 4.98 Å². The third-order valence-corrected chi connectivity index (χ3v) is 2.28. The molecule has 0 saturated heterocycles. The Hall–Kier alpha value is -1.13. The molecular formula is C10H16N2O2. The summed E-state index contributed by atoms with van der Waals surface area (Å²) < 4.78 is 0. The molecule has 0 aliphatic rings. The predicted octanol–water partition coefficient (Wildman–Crippen LogP) is 0.391. The molecule has 2 N–H and O–H groups in total. The Morgan fingerprint density at radius 1 is 1.43 bits per heavy atom. The van der Waals surface area contributed by atoms with Crippen LogP contribution in [-0.4, -0.2) is 34.9 Å². The number of hydrogen-bond acceptors (Lipinski definition) is 4. The summed E-state index contributed by atoms with van der Waals surface area (Å²) in [5.74, 6) is 0.795. The molecule has 14 heavy (non-hydrogen) atoms. The Morgan fingerprint density at radius 3 is 2.57 bits per heavy atom. The number of aromatic nitrogens is 1. The van der Waals surface area contributed by atoms with E-state index in [1.165, 1.54) is 0 Å². The molecule has 1 rings (SSSR count). The lowest BCUT2D eigenvalue weighted by molar-refractivity contribution is 0.269. The van der Waals surface area contributed by atoms with Gasteiger partial charge in [-0.05, 0) is 18.6 Å². The number of likely N-dealkylation sites (N-methyl/N-ethyl adjacent to an activating group) is 1. The fourth-order valence-corrected chi connectivity index (χ4v) is 1.07. The SMILES string of the molecule is CC(CO)N(C)c1ccc(CO)cn1. The van der Waals surface area contributed by atoms with Gasteiger partial charge < -0.3 is 15.1 Å². The molecule has 4 nitrogen and oxygen atoms in total. The number of rotatable bonds is 4. The summed E-state index contributed by atoms with van der Waals surface area (Å²) in [7, 11) is 1.88. The van der Waals surface area contributed by atoms with E-state index in [1.807, 2.05) is 31.0 Å². The Balaban J connectivity index is 2.75. The van der Waals surface area contributed by atoms with Crippen LogP contribution in [-0.2, 0) is 6.61 Å². The van der Waals surface area contributed by atoms with Gasteiger partial charge in [0, 0.05) is 13.2 Å². The molecule has 1 atom stereocenters. The molecular weight excluding hydrogens is 180 g/mol. The molecule has 0 bridgehead atoms. The fourth-order valence-electron chi connectivity index (χ4n) is 1.07. The largest absolute Gasteiger partial charge is 0.394 e. The van der Waals surface area contributed by atoms with E-state index in [2.05, 4.69) is 4.98 Å². The first-order valence-electron chi connectivity index (χ1n) is 4.58. The van der Waals surface area contributed by atoms with Gasteiger partial charge in [0.2, 0.25) is 0 Å². The van der Waals surface area contributed by atoms with Gasteiger partial charge in [-0.1, -0.05) is 6.07 Å². The van der Waals surface area contributed by atoms with E-state index in [0.717, 1.165) is 11.4 Å². The summed E-state index contributed by atoms with van der Waals surface area (Å²) in [5, 5.41) is 17.8. The van der Waals surface area contributed by atoms with E-state index in [4.69, 9.17) is 10.2 Å². The monoisotopic (exact) mass is 196 g/mol. The Bertz CT molecular complexity index is 274. The smallest absolute Gasteiger partial charge is 0.128 e. The van der Waals surface area contributed by atoms with Crippen LogP contribution in [0, 0.1) is 0 Å². The summed E-state index contributed by atoms with van der Waals surface area (Å²) >= 11 is 0. The van der Waals surface area contributed by atoms with Crippen molar-refractivity contribution >= 4 is 5.82 Å². The number of nitrogens with zero attached hydrogens (tertiary/aromatic N) is 2. The van der Waals surface area contributed by atoms with Crippen LogP contribution in [0.3, 0.4) is 0 Å². The maximum Gasteiger partial charge on any atom is 0.128 e. The van der Waals surface area contributed by atoms with Crippen LogP contribution in [0.15, 0.2) is 18.3 Å². The molecule has 0 spiro atoms. The maximum atomic E-state index is 8.96. The fraction of sp³-hybridized carbons (Fsp3) is 0.500. The van der Waals surface area contributed by atoms with Crippen molar-refractivity contribution in [1.29, 1.82) is 0 Å². The van der Waals surface area contributed by atoms with Crippen molar-refractivity contribution < 1.29 is 10.2 Å². The van der Waals surface area contributed by atoms with E-state index in [0.29, 0.717) is 0 Å². The van der Waals surface area contributed by atoms with Crippen molar-refractivity contribution in [3.05, 3.63) is 23.9 Å². The van der Waals surface area contributed by atoms with Crippen LogP contribution in [0.25, 0.3) is 0 Å². The number of anilines is 1. The van der Waals surface area contributed by atoms with E-state index >= 15 is 0 Å². The minimum Gasteiger partial charge on any atom is -0.394 e. The van der Waals surface area contributed by atoms with Gasteiger partial charge in [-0.3, -0.25) is 0 Å². The van der Waals surface area contributed by atoms with E-state index in [-0.39, 0.29) is 19.3 Å². The predicted molar refractivity (Wildman–Crippen MR) is 55.1 cm³/mol. The van der Waals surface area contributed by atoms with Crippen LogP contribution in [0.1, 0.15) is 12.5 Å². The second kappa shape index (κ2) is 4.93. The Morgan fingerprint density at radius 2 is 2.14 bits per heavy atom. The normalized spacial score (nSPS) is 12.6. The summed E-state index contributed by atoms with van der Waals surface area (Å²) in [6, 6.07) is 3.70. The standard InChI is InChI=1S/C10H16N2O2/c1-8(6-13)12(2)10-4-3-9(7-14)5-11-10/h3-5,8,13-14H,6-7H2,1-2H3. The number of pyridine rings is 1. The van der Waals surface area contributed by atoms with Crippen LogP contribution in [0.2, 0.25) is 0 Å². The lowest BCUT2D eigenvalue weighted by atomic mass is 10.2. The molecule has 0 aromatic carbocycles. The molecule has 0 aliphatic carbocycles. The molecule has 0 fully saturated rings. The molecule has 1 unspecified atom stereocenters. The molecule has 78 valence electrons. The summed E-state index contributed by atoms with van der Waals surface area (Å²) in [6.45, 7) is 2.02. The van der Waals surface area contributed by atoms with Gasteiger partial charge in [0.05, 0.1) is 19.3 Å². The minimum atomic E-state index is 0.00650. The zero-order chi connectivity index (χ0) is 10.6. The van der Waals surface area contributed by atoms with Gasteiger partial charge in [-0.15, -0.1) is 0 Å². The molecule has 0 saturated carbocycles. The van der Waals surface area contributed by atoms with Gasteiger partial charge in [-0.2, -0.15) is 0 Å². The van der Waals surface area contributed by atoms with Crippen molar-refractivity contribution in [3.63, 3.8) is 0 Å². The van der Waals surface area contributed by atoms with Crippen molar-refractivity contribution in [2.24, 2.45) is 0 Å². The Labute approximate surface area is 83.8 Å². The number of hydrogen-bond donors (Lipinski definition) is 2. The summed E-state index contributed by atoms with van der Waals surface area (Å²) in [5.41, 5.74) is 0.791. The molecule has 1 heterocycles. The molecule has 0 radical (unpaired) electrons. The van der Waals surface area contributed by atoms with Gasteiger partial charge in [0.15, 0.2) is 0 Å². The lowest BCUT2D eigenvalue weighted by Gasteiger charge is -2.24. The third kappa shape index (κ3) is 2.43. The van der Waals surface area contributed by atoms with Crippen molar-refractivity contribution in [3.8, 4) is 0 Å². The second-order valence-electron chi connectivity index (χ2n) is 3.33. The highest BCUT2D eigenvalue weighted by Crippen LogP contribution is 2.11. The van der Waals surface area contributed by atoms with E-state index in [9.17, 15) is 0 Å². The van der Waals surface area contributed by atoms with Gasteiger partial charge >= 0.3 is 0 Å². The average molecular weight is 196 g/mol. The second-order valence-corrected chi connectivity index (χ2v) is 3.33. The van der Waals surface area contributed by atoms with Crippen LogP contribution < -0.4 is 4.90 Å². The molecule has 1 aromatic heterocycles. The molecule has 1 aromatic rings. The van der Waals surface area contributed by atoms with E-state index in [1.54, 1.807) is 6.20 Å². The highest BCUT2D eigenvalue weighted by Gasteiger charge is 2.09. The van der Waals surface area contributed by atoms with E-state index < -0.39 is 0 Å². The average Bonchev–Trinajstić information content (AvgIpc) is 2.27. The highest BCUT2D eigenvalue weighted by molar-refractivity contribution is 5.39. The summed E-state index contributed by atoms with van der Waals surface area (Å²) in [6.07, 6.45) is 1.63. The summed E-state index contributed by atoms with van der Waals surface area (Å²) in [4.78, 5) is 6.06. The van der Waals surface area contributed by atoms with Crippen LogP contribution in [0.4, 0.5) is 5.82 Å². The lowest BCUT2D eigenvalue weighted by Crippen LogP contribution is -2.32. The van der Waals surface area contributed by atoms with Crippen LogP contribution in [0.5, 0.6) is 0 Å². The quantitative estimate of drug-likeness (QED) is 0.731. The molecule has 0 amide bonds. The Kier molecular flexibility index (Phi) is 3.85.